The van der Waals surface area contributed by atoms with E-state index in [2.05, 4.69) is 25.6 Å². The van der Waals surface area contributed by atoms with Crippen molar-refractivity contribution < 1.29 is 37.3 Å². The Morgan fingerprint density at radius 2 is 1.82 bits per heavy atom. The monoisotopic (exact) mass is 546 g/mol. The molecule has 0 bridgehead atoms. The first kappa shape index (κ1) is 31.1. The minimum Gasteiger partial charge on any atom is -0.465 e. The van der Waals surface area contributed by atoms with Gasteiger partial charge in [0, 0.05) is 39.0 Å². The molecule has 3 N–H and O–H groups in total. The number of hydrogen-bond donors (Lipinski definition) is 3. The normalized spacial score (nSPS) is 16.9. The summed E-state index contributed by atoms with van der Waals surface area (Å²) in [6, 6.07) is 2.67. The average molecular weight is 547 g/mol. The number of amides is 2. The summed E-state index contributed by atoms with van der Waals surface area (Å²) in [6.45, 7) is 9.63. The van der Waals surface area contributed by atoms with Crippen LogP contribution in [0.25, 0.3) is 0 Å². The molecule has 11 nitrogen and oxygen atoms in total. The van der Waals surface area contributed by atoms with E-state index in [1.165, 1.54) is 26.1 Å². The van der Waals surface area contributed by atoms with Crippen LogP contribution in [0.2, 0.25) is 0 Å². The highest BCUT2D eigenvalue weighted by atomic mass is 19.4. The molecule has 3 heterocycles. The van der Waals surface area contributed by atoms with E-state index >= 15 is 0 Å². The predicted octanol–water partition coefficient (Wildman–Crippen LogP) is 4.48. The molecule has 2 amide bonds. The number of nitrogens with zero attached hydrogens (tertiary/aromatic N) is 4. The van der Waals surface area contributed by atoms with E-state index in [4.69, 9.17) is 9.84 Å². The summed E-state index contributed by atoms with van der Waals surface area (Å²) < 4.78 is 51.0. The number of alkyl halides is 3. The fourth-order valence-electron chi connectivity index (χ4n) is 3.45. The highest BCUT2D eigenvalue weighted by Gasteiger charge is 2.43. The Hall–Kier alpha value is -3.13. The number of rotatable bonds is 5. The summed E-state index contributed by atoms with van der Waals surface area (Å²) in [4.78, 5) is 22.4. The van der Waals surface area contributed by atoms with E-state index < -0.39 is 24.3 Å². The maximum absolute atomic E-state index is 13.0. The summed E-state index contributed by atoms with van der Waals surface area (Å²) >= 11 is 0. The van der Waals surface area contributed by atoms with Crippen molar-refractivity contribution in [2.24, 2.45) is 7.05 Å². The molecule has 0 radical (unpaired) electrons. The summed E-state index contributed by atoms with van der Waals surface area (Å²) in [6.07, 6.45) is -1.68. The predicted molar refractivity (Wildman–Crippen MR) is 133 cm³/mol. The summed E-state index contributed by atoms with van der Waals surface area (Å²) in [5.74, 6) is -0.163. The number of nitrogens with one attached hydrogen (secondary N) is 2. The number of hydrogen-bond acceptors (Lipinski definition) is 6. The molecule has 2 fully saturated rings. The van der Waals surface area contributed by atoms with Crippen molar-refractivity contribution >= 4 is 17.8 Å². The number of ether oxygens (including phenoxy) is 2. The Labute approximate surface area is 219 Å². The Balaban J connectivity index is 0.000000314. The second-order valence-electron chi connectivity index (χ2n) is 10.3. The van der Waals surface area contributed by atoms with Gasteiger partial charge >= 0.3 is 12.3 Å². The molecular weight excluding hydrogens is 509 g/mol. The molecule has 2 aromatic rings. The molecule has 1 saturated heterocycles. The molecule has 4 rings (SSSR count). The third-order valence-electron chi connectivity index (χ3n) is 5.69. The van der Waals surface area contributed by atoms with Crippen molar-refractivity contribution in [1.82, 2.24) is 24.9 Å². The molecule has 2 aromatic heterocycles. The number of carboxylic acid groups (broad SMARTS) is 1. The van der Waals surface area contributed by atoms with Gasteiger partial charge in [0.2, 0.25) is 0 Å². The van der Waals surface area contributed by atoms with E-state index in [0.29, 0.717) is 5.82 Å². The van der Waals surface area contributed by atoms with Gasteiger partial charge in [-0.1, -0.05) is 0 Å². The van der Waals surface area contributed by atoms with Crippen molar-refractivity contribution in [2.75, 3.05) is 25.6 Å². The lowest BCUT2D eigenvalue weighted by Crippen LogP contribution is -2.32. The van der Waals surface area contributed by atoms with Crippen LogP contribution in [0.15, 0.2) is 18.3 Å². The van der Waals surface area contributed by atoms with Crippen molar-refractivity contribution in [2.45, 2.75) is 76.7 Å². The van der Waals surface area contributed by atoms with E-state index in [1.807, 2.05) is 27.7 Å². The molecule has 1 aliphatic heterocycles. The number of carbonyl (C=O) groups is 2. The first-order valence-corrected chi connectivity index (χ1v) is 12.2. The maximum Gasteiger partial charge on any atom is 0.420 e. The molecule has 1 atom stereocenters. The molecule has 0 spiro atoms. The molecule has 2 aliphatic rings. The van der Waals surface area contributed by atoms with Crippen LogP contribution in [-0.4, -0.2) is 68.7 Å². The Bertz CT molecular complexity index is 1060. The molecule has 214 valence electrons. The van der Waals surface area contributed by atoms with Crippen molar-refractivity contribution in [3.63, 3.8) is 0 Å². The lowest BCUT2D eigenvalue weighted by atomic mass is 10.1. The molecule has 1 aliphatic carbocycles. The van der Waals surface area contributed by atoms with E-state index in [1.54, 1.807) is 10.7 Å². The van der Waals surface area contributed by atoms with Crippen LogP contribution in [0.5, 0.6) is 0 Å². The number of methoxy groups -OCH3 is 1. The van der Waals surface area contributed by atoms with Gasteiger partial charge in [0.1, 0.15) is 17.2 Å². The maximum atomic E-state index is 13.0. The van der Waals surface area contributed by atoms with Crippen LogP contribution in [0.4, 0.5) is 23.8 Å². The molecule has 1 saturated carbocycles. The first-order valence-electron chi connectivity index (χ1n) is 12.2. The first-order chi connectivity index (χ1) is 17.6. The van der Waals surface area contributed by atoms with E-state index in [9.17, 15) is 22.8 Å². The van der Waals surface area contributed by atoms with Gasteiger partial charge in [-0.15, -0.1) is 0 Å². The van der Waals surface area contributed by atoms with Crippen LogP contribution in [-0.2, 0) is 22.1 Å². The Morgan fingerprint density at radius 3 is 2.21 bits per heavy atom. The molecule has 14 heteroatoms. The fraction of sp³-hybridized carbons (Fsp3) is 0.667. The zero-order valence-corrected chi connectivity index (χ0v) is 22.6. The van der Waals surface area contributed by atoms with Gasteiger partial charge < -0.3 is 25.2 Å². The van der Waals surface area contributed by atoms with Gasteiger partial charge in [-0.25, -0.2) is 9.48 Å². The van der Waals surface area contributed by atoms with Crippen LogP contribution in [0, 0.1) is 0 Å². The van der Waals surface area contributed by atoms with Gasteiger partial charge in [-0.05, 0) is 59.4 Å². The number of halogens is 3. The average Bonchev–Trinajstić information content (AvgIpc) is 3.26. The van der Waals surface area contributed by atoms with E-state index in [0.717, 1.165) is 43.9 Å². The zero-order valence-electron chi connectivity index (χ0n) is 22.6. The summed E-state index contributed by atoms with van der Waals surface area (Å²) in [5.41, 5.74) is -0.859. The third kappa shape index (κ3) is 9.31. The largest absolute Gasteiger partial charge is 0.465 e. The summed E-state index contributed by atoms with van der Waals surface area (Å²) in [5, 5.41) is 21.1. The second-order valence-corrected chi connectivity index (χ2v) is 10.3. The second kappa shape index (κ2) is 12.6. The van der Waals surface area contributed by atoms with Crippen LogP contribution in [0.1, 0.15) is 75.7 Å². The van der Waals surface area contributed by atoms with Crippen LogP contribution >= 0.6 is 0 Å². The molecule has 0 aromatic carbocycles. The smallest absolute Gasteiger partial charge is 0.420 e. The minimum atomic E-state index is -4.62. The minimum absolute atomic E-state index is 0.0250. The Kier molecular flexibility index (Phi) is 10.3. The number of aromatic nitrogens is 4. The number of carbonyl (C=O) groups excluding carboxylic acids is 1. The van der Waals surface area contributed by atoms with Crippen molar-refractivity contribution in [1.29, 1.82) is 0 Å². The molecule has 1 unspecified atom stereocenters. The topological polar surface area (TPSA) is 133 Å². The van der Waals surface area contributed by atoms with Gasteiger partial charge in [-0.3, -0.25) is 9.48 Å². The van der Waals surface area contributed by atoms with Crippen LogP contribution < -0.4 is 10.6 Å². The number of anilines is 1. The van der Waals surface area contributed by atoms with Gasteiger partial charge in [-0.2, -0.15) is 23.4 Å². The highest BCUT2D eigenvalue weighted by Crippen LogP contribution is 2.35. The highest BCUT2D eigenvalue weighted by molar-refractivity contribution is 6.02. The van der Waals surface area contributed by atoms with Gasteiger partial charge in [0.15, 0.2) is 6.10 Å². The third-order valence-corrected chi connectivity index (χ3v) is 5.69. The lowest BCUT2D eigenvalue weighted by Gasteiger charge is -2.22. The quantitative estimate of drug-likeness (QED) is 0.504. The van der Waals surface area contributed by atoms with Gasteiger partial charge in [0.05, 0.1) is 11.7 Å². The van der Waals surface area contributed by atoms with Crippen LogP contribution in [0.3, 0.4) is 0 Å². The SMILES string of the molecule is C1CCOC1.CC1(NC(=O)O)CC1.COC(c1cc(C(=O)Nc2ccnn2C(C)(C)C)n(C)n1)C(F)(F)F. The van der Waals surface area contributed by atoms with E-state index in [-0.39, 0.29) is 22.5 Å². The number of aryl methyl sites for hydroxylation is 1. The van der Waals surface area contributed by atoms with Crippen molar-refractivity contribution in [3.05, 3.63) is 29.7 Å². The Morgan fingerprint density at radius 1 is 1.21 bits per heavy atom. The standard InChI is InChI=1S/C15H20F3N5O2.C5H9NO2.C4H8O/c1-14(2,3)23-11(6-7-19-23)20-13(24)10-8-9(21-22(10)4)12(25-5)15(16,17)18;1-5(2-3-5)6-4(7)8;1-2-4-5-3-1/h6-8,12H,1-5H3,(H,20,24);6H,2-3H2,1H3,(H,7,8);1-4H2. The van der Waals surface area contributed by atoms with Gasteiger partial charge in [0.25, 0.3) is 5.91 Å². The molecular formula is C24H37F3N6O5. The van der Waals surface area contributed by atoms with Crippen molar-refractivity contribution in [3.8, 4) is 0 Å². The zero-order chi connectivity index (χ0) is 28.7. The summed E-state index contributed by atoms with van der Waals surface area (Å²) in [7, 11) is 2.33. The molecule has 38 heavy (non-hydrogen) atoms. The fourth-order valence-corrected chi connectivity index (χ4v) is 3.45. The lowest BCUT2D eigenvalue weighted by molar-refractivity contribution is -0.217.